The van der Waals surface area contributed by atoms with E-state index in [0.717, 1.165) is 14.7 Å². The van der Waals surface area contributed by atoms with Crippen LogP contribution in [-0.4, -0.2) is 5.78 Å². The maximum atomic E-state index is 12.2. The van der Waals surface area contributed by atoms with Crippen LogP contribution in [0.2, 0.25) is 0 Å². The molecule has 0 radical (unpaired) electrons. The van der Waals surface area contributed by atoms with Crippen molar-refractivity contribution in [2.45, 2.75) is 6.54 Å². The van der Waals surface area contributed by atoms with Crippen molar-refractivity contribution in [3.63, 3.8) is 0 Å². The van der Waals surface area contributed by atoms with Crippen LogP contribution in [0.1, 0.15) is 10.4 Å². The summed E-state index contributed by atoms with van der Waals surface area (Å²) in [7, 11) is 0. The zero-order chi connectivity index (χ0) is 13.2. The van der Waals surface area contributed by atoms with E-state index >= 15 is 0 Å². The summed E-state index contributed by atoms with van der Waals surface area (Å²) >= 11 is 3.90. The highest BCUT2D eigenvalue weighted by molar-refractivity contribution is 14.1. The molecule has 0 saturated heterocycles. The molecular formula is C15H11INOS+. The zero-order valence-electron chi connectivity index (χ0n) is 10.0. The molecule has 0 atom stereocenters. The first kappa shape index (κ1) is 12.7. The van der Waals surface area contributed by atoms with E-state index < -0.39 is 0 Å². The van der Waals surface area contributed by atoms with Gasteiger partial charge in [0, 0.05) is 15.2 Å². The monoisotopic (exact) mass is 380 g/mol. The number of aromatic nitrogens is 1. The molecule has 3 aromatic rings. The molecule has 0 aliphatic heterocycles. The van der Waals surface area contributed by atoms with Crippen LogP contribution in [0.5, 0.6) is 0 Å². The highest BCUT2D eigenvalue weighted by Gasteiger charge is 2.16. The summed E-state index contributed by atoms with van der Waals surface area (Å²) < 4.78 is 4.36. The van der Waals surface area contributed by atoms with Crippen LogP contribution in [0, 0.1) is 3.57 Å². The number of hydrogen-bond donors (Lipinski definition) is 0. The minimum Gasteiger partial charge on any atom is -0.287 e. The van der Waals surface area contributed by atoms with Gasteiger partial charge in [-0.15, -0.1) is 0 Å². The van der Waals surface area contributed by atoms with Gasteiger partial charge in [-0.2, -0.15) is 4.57 Å². The van der Waals surface area contributed by atoms with E-state index in [-0.39, 0.29) is 5.78 Å². The van der Waals surface area contributed by atoms with Gasteiger partial charge in [-0.05, 0) is 40.8 Å². The Hall–Kier alpha value is -1.27. The van der Waals surface area contributed by atoms with Gasteiger partial charge in [-0.1, -0.05) is 35.6 Å². The molecule has 4 heteroatoms. The molecule has 0 saturated carbocycles. The van der Waals surface area contributed by atoms with Gasteiger partial charge >= 0.3 is 0 Å². The highest BCUT2D eigenvalue weighted by Crippen LogP contribution is 2.15. The molecule has 0 amide bonds. The molecule has 19 heavy (non-hydrogen) atoms. The van der Waals surface area contributed by atoms with E-state index in [1.165, 1.54) is 4.70 Å². The molecule has 2 aromatic carbocycles. The molecule has 0 aliphatic rings. The fourth-order valence-electron chi connectivity index (χ4n) is 1.98. The van der Waals surface area contributed by atoms with Gasteiger partial charge in [0.2, 0.25) is 23.4 Å². The first-order valence-electron chi connectivity index (χ1n) is 5.88. The number of fused-ring (bicyclic) bond motifs is 1. The van der Waals surface area contributed by atoms with Crippen molar-refractivity contribution >= 4 is 49.9 Å². The quantitative estimate of drug-likeness (QED) is 0.386. The summed E-state index contributed by atoms with van der Waals surface area (Å²) in [5.41, 5.74) is 3.89. The van der Waals surface area contributed by atoms with Gasteiger partial charge in [0.05, 0.1) is 0 Å². The van der Waals surface area contributed by atoms with Crippen molar-refractivity contribution in [2.75, 3.05) is 0 Å². The number of rotatable bonds is 3. The highest BCUT2D eigenvalue weighted by atomic mass is 127. The van der Waals surface area contributed by atoms with Crippen LogP contribution in [0.25, 0.3) is 10.2 Å². The Morgan fingerprint density at radius 2 is 1.84 bits per heavy atom. The number of ketones is 1. The normalized spacial score (nSPS) is 10.8. The van der Waals surface area contributed by atoms with E-state index in [4.69, 9.17) is 0 Å². The molecule has 1 aromatic heterocycles. The maximum absolute atomic E-state index is 12.2. The summed E-state index contributed by atoms with van der Waals surface area (Å²) in [5.74, 6) is 0.143. The van der Waals surface area contributed by atoms with Crippen molar-refractivity contribution in [1.82, 2.24) is 0 Å². The molecule has 0 bridgehead atoms. The number of benzene rings is 2. The molecule has 3 rings (SSSR count). The smallest absolute Gasteiger partial charge is 0.227 e. The van der Waals surface area contributed by atoms with Gasteiger partial charge in [-0.3, -0.25) is 4.79 Å². The van der Waals surface area contributed by atoms with Crippen molar-refractivity contribution in [2.24, 2.45) is 0 Å². The predicted octanol–water partition coefficient (Wildman–Crippen LogP) is 3.68. The first-order chi connectivity index (χ1) is 9.24. The number of nitrogens with zero attached hydrogens (tertiary/aromatic N) is 1. The van der Waals surface area contributed by atoms with E-state index in [1.54, 1.807) is 11.3 Å². The molecule has 0 aliphatic carbocycles. The lowest BCUT2D eigenvalue weighted by atomic mass is 10.1. The third-order valence-electron chi connectivity index (χ3n) is 2.96. The van der Waals surface area contributed by atoms with Crippen LogP contribution in [0.4, 0.5) is 0 Å². The molecule has 2 nitrogen and oxygen atoms in total. The van der Waals surface area contributed by atoms with Crippen LogP contribution in [0.3, 0.4) is 0 Å². The molecule has 0 N–H and O–H groups in total. The maximum Gasteiger partial charge on any atom is 0.227 e. The zero-order valence-corrected chi connectivity index (χ0v) is 13.0. The Bertz CT molecular complexity index is 733. The Balaban J connectivity index is 1.89. The van der Waals surface area contributed by atoms with Crippen LogP contribution >= 0.6 is 33.9 Å². The summed E-state index contributed by atoms with van der Waals surface area (Å²) in [5, 5.41) is 0. The number of thiazole rings is 1. The molecule has 0 fully saturated rings. The SMILES string of the molecule is O=C(C[n+]1csc2ccccc21)c1ccc(I)cc1. The second-order valence-electron chi connectivity index (χ2n) is 4.25. The largest absolute Gasteiger partial charge is 0.287 e. The van der Waals surface area contributed by atoms with Gasteiger partial charge in [0.15, 0.2) is 0 Å². The molecule has 0 unspecified atom stereocenters. The summed E-state index contributed by atoms with van der Waals surface area (Å²) in [4.78, 5) is 12.2. The number of hydrogen-bond acceptors (Lipinski definition) is 2. The fourth-order valence-corrected chi connectivity index (χ4v) is 3.23. The van der Waals surface area contributed by atoms with Crippen molar-refractivity contribution in [3.8, 4) is 0 Å². The molecular weight excluding hydrogens is 369 g/mol. The van der Waals surface area contributed by atoms with Gasteiger partial charge < -0.3 is 0 Å². The Morgan fingerprint density at radius 1 is 1.11 bits per heavy atom. The lowest BCUT2D eigenvalue weighted by molar-refractivity contribution is -0.652. The summed E-state index contributed by atoms with van der Waals surface area (Å²) in [6.07, 6.45) is 0. The minimum absolute atomic E-state index is 0.143. The number of carbonyl (C=O) groups is 1. The Kier molecular flexibility index (Phi) is 3.61. The van der Waals surface area contributed by atoms with E-state index in [1.807, 2.05) is 52.5 Å². The van der Waals surface area contributed by atoms with Crippen molar-refractivity contribution in [3.05, 3.63) is 63.2 Å². The second kappa shape index (κ2) is 5.38. The van der Waals surface area contributed by atoms with Gasteiger partial charge in [-0.25, -0.2) is 0 Å². The average Bonchev–Trinajstić information content (AvgIpc) is 2.83. The molecule has 1 heterocycles. The van der Waals surface area contributed by atoms with Gasteiger partial charge in [0.1, 0.15) is 4.70 Å². The Labute approximate surface area is 128 Å². The van der Waals surface area contributed by atoms with E-state index in [9.17, 15) is 4.79 Å². The standard InChI is InChI=1S/C15H11INOS/c16-12-7-5-11(6-8-12)14(18)9-17-10-19-15-4-2-1-3-13(15)17/h1-8,10H,9H2/q+1. The van der Waals surface area contributed by atoms with E-state index in [2.05, 4.69) is 28.7 Å². The van der Waals surface area contributed by atoms with Crippen LogP contribution < -0.4 is 4.57 Å². The third kappa shape index (κ3) is 2.69. The lowest BCUT2D eigenvalue weighted by Crippen LogP contribution is -2.36. The summed E-state index contributed by atoms with van der Waals surface area (Å²) in [6.45, 7) is 0.393. The van der Waals surface area contributed by atoms with Gasteiger partial charge in [0.25, 0.3) is 0 Å². The van der Waals surface area contributed by atoms with E-state index in [0.29, 0.717) is 6.54 Å². The average molecular weight is 380 g/mol. The van der Waals surface area contributed by atoms with Crippen molar-refractivity contribution in [1.29, 1.82) is 0 Å². The minimum atomic E-state index is 0.143. The van der Waals surface area contributed by atoms with Crippen LogP contribution in [0.15, 0.2) is 54.0 Å². The van der Waals surface area contributed by atoms with Crippen molar-refractivity contribution < 1.29 is 9.36 Å². The first-order valence-corrected chi connectivity index (χ1v) is 7.84. The Morgan fingerprint density at radius 3 is 2.63 bits per heavy atom. The topological polar surface area (TPSA) is 20.9 Å². The van der Waals surface area contributed by atoms with Crippen LogP contribution in [-0.2, 0) is 6.54 Å². The second-order valence-corrected chi connectivity index (χ2v) is 6.38. The lowest BCUT2D eigenvalue weighted by Gasteiger charge is -1.97. The number of para-hydroxylation sites is 1. The number of halogens is 1. The molecule has 0 spiro atoms. The number of Topliss-reactive ketones (excluding diaryl/α,β-unsaturated/α-hetero) is 1. The molecule has 94 valence electrons. The summed E-state index contributed by atoms with van der Waals surface area (Å²) in [6, 6.07) is 15.8. The number of carbonyl (C=O) groups excluding carboxylic acids is 1. The fraction of sp³-hybridized carbons (Fsp3) is 0.0667. The third-order valence-corrected chi connectivity index (χ3v) is 4.64. The predicted molar refractivity (Wildman–Crippen MR) is 85.5 cm³/mol.